The van der Waals surface area contributed by atoms with Gasteiger partial charge in [-0.2, -0.15) is 13.5 Å². The largest absolute Gasteiger partial charge is 0.320 e. The van der Waals surface area contributed by atoms with Gasteiger partial charge in [0.05, 0.1) is 12.3 Å². The van der Waals surface area contributed by atoms with Gasteiger partial charge in [-0.3, -0.25) is 4.72 Å². The molecule has 1 aliphatic rings. The van der Waals surface area contributed by atoms with Crippen molar-refractivity contribution in [3.05, 3.63) is 48.2 Å². The van der Waals surface area contributed by atoms with Crippen molar-refractivity contribution < 1.29 is 16.8 Å². The number of hydrazone groups is 1. The van der Waals surface area contributed by atoms with E-state index in [1.165, 1.54) is 18.2 Å². The molecule has 1 aliphatic heterocycles. The number of hydrogen-bond donors (Lipinski definition) is 3. The van der Waals surface area contributed by atoms with E-state index in [9.17, 15) is 16.8 Å². The fourth-order valence-electron chi connectivity index (χ4n) is 2.77. The Hall–Kier alpha value is -1.95. The van der Waals surface area contributed by atoms with Crippen molar-refractivity contribution in [2.75, 3.05) is 26.4 Å². The van der Waals surface area contributed by atoms with Crippen LogP contribution in [0, 0.1) is 5.92 Å². The molecule has 0 aliphatic carbocycles. The van der Waals surface area contributed by atoms with Crippen molar-refractivity contribution in [2.24, 2.45) is 11.0 Å². The van der Waals surface area contributed by atoms with Crippen LogP contribution in [0.3, 0.4) is 0 Å². The molecular formula is C19H33N5O4S2. The van der Waals surface area contributed by atoms with E-state index in [2.05, 4.69) is 65.3 Å². The molecule has 0 saturated heterocycles. The van der Waals surface area contributed by atoms with Crippen LogP contribution in [0.1, 0.15) is 38.8 Å². The van der Waals surface area contributed by atoms with Gasteiger partial charge in [0.2, 0.25) is 10.0 Å². The van der Waals surface area contributed by atoms with Crippen molar-refractivity contribution in [3.8, 4) is 0 Å². The quantitative estimate of drug-likeness (QED) is 0.482. The molecule has 0 bridgehead atoms. The molecule has 0 amide bonds. The zero-order valence-corrected chi connectivity index (χ0v) is 19.8. The number of hydrogen-bond acceptors (Lipinski definition) is 7. The zero-order valence-electron chi connectivity index (χ0n) is 18.2. The first-order valence-electron chi connectivity index (χ1n) is 9.55. The van der Waals surface area contributed by atoms with Gasteiger partial charge in [0.25, 0.3) is 0 Å². The van der Waals surface area contributed by atoms with E-state index >= 15 is 0 Å². The molecule has 2 rings (SSSR count). The van der Waals surface area contributed by atoms with Gasteiger partial charge in [0.15, 0.2) is 0 Å². The van der Waals surface area contributed by atoms with Gasteiger partial charge in [-0.05, 0) is 39.4 Å². The Morgan fingerprint density at radius 3 is 2.27 bits per heavy atom. The molecular weight excluding hydrogens is 426 g/mol. The predicted octanol–water partition coefficient (Wildman–Crippen LogP) is 1.57. The van der Waals surface area contributed by atoms with Crippen LogP contribution >= 0.6 is 0 Å². The lowest BCUT2D eigenvalue weighted by Gasteiger charge is -2.20. The maximum atomic E-state index is 11.7. The molecule has 2 atom stereocenters. The van der Waals surface area contributed by atoms with E-state index in [4.69, 9.17) is 0 Å². The Morgan fingerprint density at radius 1 is 1.23 bits per heavy atom. The van der Waals surface area contributed by atoms with E-state index in [-0.39, 0.29) is 12.2 Å². The van der Waals surface area contributed by atoms with E-state index in [0.717, 1.165) is 6.26 Å². The summed E-state index contributed by atoms with van der Waals surface area (Å²) in [4.78, 5) is 0. The first-order valence-corrected chi connectivity index (χ1v) is 12.8. The Balaban J connectivity index is 0.000000308. The van der Waals surface area contributed by atoms with Gasteiger partial charge in [-0.15, -0.1) is 0 Å². The highest BCUT2D eigenvalue weighted by atomic mass is 32.3. The van der Waals surface area contributed by atoms with Crippen LogP contribution < -0.4 is 15.5 Å². The maximum Gasteiger partial charge on any atom is 0.314 e. The molecule has 1 heterocycles. The minimum absolute atomic E-state index is 0.109. The van der Waals surface area contributed by atoms with Crippen LogP contribution in [0.5, 0.6) is 0 Å². The third-order valence-electron chi connectivity index (χ3n) is 4.41. The summed E-state index contributed by atoms with van der Waals surface area (Å²) in [6.07, 6.45) is 1.24. The monoisotopic (exact) mass is 459 g/mol. The molecule has 170 valence electrons. The third kappa shape index (κ3) is 8.05. The third-order valence-corrected chi connectivity index (χ3v) is 8.05. The number of nitrogens with one attached hydrogen (secondary N) is 3. The minimum atomic E-state index is -4.09. The van der Waals surface area contributed by atoms with E-state index in [1.54, 1.807) is 7.05 Å². The van der Waals surface area contributed by atoms with Gasteiger partial charge < -0.3 is 10.7 Å². The Morgan fingerprint density at radius 2 is 1.83 bits per heavy atom. The SMILES string of the molecule is C=C(C)NS(=O)(=O)N(CCCNC)S(C)(=O)=O.CC1=NNC(c2ccccc2)C1C. The first kappa shape index (κ1) is 26.1. The highest BCUT2D eigenvalue weighted by Crippen LogP contribution is 2.26. The van der Waals surface area contributed by atoms with Crippen LogP contribution in [0.2, 0.25) is 0 Å². The van der Waals surface area contributed by atoms with Crippen molar-refractivity contribution >= 4 is 25.9 Å². The summed E-state index contributed by atoms with van der Waals surface area (Å²) in [5.41, 5.74) is 5.82. The fraction of sp³-hybridized carbons (Fsp3) is 0.526. The second kappa shape index (κ2) is 11.4. The average Bonchev–Trinajstić information content (AvgIpc) is 2.97. The minimum Gasteiger partial charge on any atom is -0.320 e. The maximum absolute atomic E-state index is 11.7. The second-order valence-electron chi connectivity index (χ2n) is 7.16. The molecule has 30 heavy (non-hydrogen) atoms. The molecule has 0 saturated carbocycles. The van der Waals surface area contributed by atoms with Crippen molar-refractivity contribution in [1.82, 2.24) is 19.2 Å². The van der Waals surface area contributed by atoms with Crippen molar-refractivity contribution in [2.45, 2.75) is 33.2 Å². The number of rotatable bonds is 9. The zero-order chi connectivity index (χ0) is 22.9. The molecule has 9 nitrogen and oxygen atoms in total. The van der Waals surface area contributed by atoms with Crippen LogP contribution in [-0.4, -0.2) is 52.7 Å². The van der Waals surface area contributed by atoms with Crippen molar-refractivity contribution in [1.29, 1.82) is 0 Å². The lowest BCUT2D eigenvalue weighted by molar-refractivity contribution is 0.486. The Kier molecular flexibility index (Phi) is 9.95. The smallest absolute Gasteiger partial charge is 0.314 e. The van der Waals surface area contributed by atoms with Crippen LogP contribution in [0.4, 0.5) is 0 Å². The van der Waals surface area contributed by atoms with Crippen molar-refractivity contribution in [3.63, 3.8) is 0 Å². The van der Waals surface area contributed by atoms with Gasteiger partial charge in [0, 0.05) is 23.9 Å². The Bertz CT molecular complexity index is 931. The standard InChI is InChI=1S/C11H14N2.C8H19N3O4S2/c1-8-9(2)12-13-11(8)10-6-4-3-5-7-10;1-8(2)10-17(14,15)11(16(4,12)13)7-5-6-9-3/h3-8,11,13H,1-2H3;9-10H,1,5-7H2,2-4H3. The lowest BCUT2D eigenvalue weighted by Crippen LogP contribution is -2.44. The highest BCUT2D eigenvalue weighted by molar-refractivity contribution is 8.02. The van der Waals surface area contributed by atoms with Gasteiger partial charge in [0.1, 0.15) is 0 Å². The molecule has 0 radical (unpaired) electrons. The number of benzene rings is 1. The van der Waals surface area contributed by atoms with Gasteiger partial charge in [-0.25, -0.2) is 8.42 Å². The number of sulfonamides is 1. The van der Waals surface area contributed by atoms with Crippen LogP contribution in [0.25, 0.3) is 0 Å². The molecule has 0 spiro atoms. The first-order chi connectivity index (χ1) is 13.9. The number of allylic oxidation sites excluding steroid dienone is 1. The van der Waals surface area contributed by atoms with Crippen LogP contribution in [-0.2, 0) is 20.2 Å². The molecule has 2 unspecified atom stereocenters. The molecule has 11 heteroatoms. The summed E-state index contributed by atoms with van der Waals surface area (Å²) < 4.78 is 48.8. The summed E-state index contributed by atoms with van der Waals surface area (Å²) >= 11 is 0. The molecule has 1 aromatic carbocycles. The normalized spacial score (nSPS) is 18.8. The van der Waals surface area contributed by atoms with E-state index in [0.29, 0.717) is 28.6 Å². The molecule has 0 aromatic heterocycles. The van der Waals surface area contributed by atoms with Crippen LogP contribution in [0.15, 0.2) is 47.7 Å². The van der Waals surface area contributed by atoms with E-state index < -0.39 is 20.2 Å². The fourth-order valence-corrected chi connectivity index (χ4v) is 5.68. The Labute approximate surface area is 180 Å². The lowest BCUT2D eigenvalue weighted by atomic mass is 9.93. The summed E-state index contributed by atoms with van der Waals surface area (Å²) in [5, 5.41) is 7.05. The number of nitrogens with zero attached hydrogens (tertiary/aromatic N) is 2. The summed E-state index contributed by atoms with van der Waals surface area (Å²) in [6, 6.07) is 10.8. The molecule has 3 N–H and O–H groups in total. The summed E-state index contributed by atoms with van der Waals surface area (Å²) in [6.45, 7) is 9.50. The second-order valence-corrected chi connectivity index (χ2v) is 10.9. The summed E-state index contributed by atoms with van der Waals surface area (Å²) in [7, 11) is -6.23. The molecule has 0 fully saturated rings. The topological polar surface area (TPSA) is 120 Å². The van der Waals surface area contributed by atoms with E-state index in [1.807, 2.05) is 6.07 Å². The van der Waals surface area contributed by atoms with Gasteiger partial charge >= 0.3 is 10.2 Å². The average molecular weight is 460 g/mol. The highest BCUT2D eigenvalue weighted by Gasteiger charge is 2.30. The van der Waals surface area contributed by atoms with Gasteiger partial charge in [-0.1, -0.05) is 47.5 Å². The predicted molar refractivity (Wildman–Crippen MR) is 122 cm³/mol. The summed E-state index contributed by atoms with van der Waals surface area (Å²) in [5.74, 6) is 0.502. The molecule has 1 aromatic rings.